The van der Waals surface area contributed by atoms with E-state index in [0.717, 1.165) is 5.56 Å². The van der Waals surface area contributed by atoms with Crippen molar-refractivity contribution in [2.75, 3.05) is 13.7 Å². The minimum absolute atomic E-state index is 0.0000513. The van der Waals surface area contributed by atoms with Crippen LogP contribution in [0, 0.1) is 0 Å². The van der Waals surface area contributed by atoms with Gasteiger partial charge in [-0.3, -0.25) is 4.79 Å². The van der Waals surface area contributed by atoms with Crippen molar-refractivity contribution in [2.45, 2.75) is 12.2 Å². The first-order valence-corrected chi connectivity index (χ1v) is 8.39. The number of carbonyl (C=O) groups is 1. The third kappa shape index (κ3) is 3.69. The highest BCUT2D eigenvalue weighted by atomic mass is 32.2. The van der Waals surface area contributed by atoms with E-state index in [2.05, 4.69) is 4.98 Å². The van der Waals surface area contributed by atoms with E-state index in [0.29, 0.717) is 5.01 Å². The van der Waals surface area contributed by atoms with Gasteiger partial charge in [0.25, 0.3) is 5.91 Å². The largest absolute Gasteiger partial charge is 0.472 e. The van der Waals surface area contributed by atoms with Crippen LogP contribution in [0.15, 0.2) is 28.4 Å². The van der Waals surface area contributed by atoms with Crippen molar-refractivity contribution in [2.24, 2.45) is 0 Å². The molecule has 0 saturated carbocycles. The summed E-state index contributed by atoms with van der Waals surface area (Å²) in [7, 11) is -2.40. The number of sulfonamides is 1. The zero-order valence-corrected chi connectivity index (χ0v) is 13.0. The average molecular weight is 330 g/mol. The standard InChI is InChI=1S/C12H14N2O5S2/c1-8(5-18-2)21(16,17)14-11(15)10-7-20-12(13-10)9-3-4-19-6-9/h3-4,6-8H,5H2,1-2H3,(H,14,15)/t8-/m1/s1. The van der Waals surface area contributed by atoms with Crippen molar-refractivity contribution in [1.82, 2.24) is 9.71 Å². The molecule has 0 bridgehead atoms. The van der Waals surface area contributed by atoms with Crippen LogP contribution in [0.4, 0.5) is 0 Å². The van der Waals surface area contributed by atoms with Gasteiger partial charge in [-0.1, -0.05) is 0 Å². The molecule has 0 aromatic carbocycles. The molecular formula is C12H14N2O5S2. The third-order valence-corrected chi connectivity index (χ3v) is 5.23. The van der Waals surface area contributed by atoms with Crippen molar-refractivity contribution in [3.8, 4) is 10.6 Å². The minimum atomic E-state index is -3.79. The molecule has 0 unspecified atom stereocenters. The second-order valence-corrected chi connectivity index (χ2v) is 7.25. The smallest absolute Gasteiger partial charge is 0.284 e. The van der Waals surface area contributed by atoms with Crippen LogP contribution in [0.25, 0.3) is 10.6 Å². The summed E-state index contributed by atoms with van der Waals surface area (Å²) in [4.78, 5) is 16.0. The zero-order valence-electron chi connectivity index (χ0n) is 11.4. The molecular weight excluding hydrogens is 316 g/mol. The molecule has 0 aliphatic carbocycles. The van der Waals surface area contributed by atoms with Crippen LogP contribution in [0.1, 0.15) is 17.4 Å². The first-order chi connectivity index (χ1) is 9.94. The van der Waals surface area contributed by atoms with Crippen LogP contribution >= 0.6 is 11.3 Å². The lowest BCUT2D eigenvalue weighted by Crippen LogP contribution is -2.39. The number of carbonyl (C=O) groups excluding carboxylic acids is 1. The molecule has 2 heterocycles. The molecule has 0 aliphatic heterocycles. The maximum Gasteiger partial charge on any atom is 0.284 e. The molecule has 0 radical (unpaired) electrons. The SMILES string of the molecule is COC[C@@H](C)S(=O)(=O)NC(=O)c1csc(-c2ccoc2)n1. The van der Waals surface area contributed by atoms with Crippen molar-refractivity contribution in [3.05, 3.63) is 29.7 Å². The fourth-order valence-electron chi connectivity index (χ4n) is 1.50. The lowest BCUT2D eigenvalue weighted by molar-refractivity contribution is 0.0976. The van der Waals surface area contributed by atoms with Crippen molar-refractivity contribution in [3.63, 3.8) is 0 Å². The zero-order chi connectivity index (χ0) is 15.5. The second-order valence-electron chi connectivity index (χ2n) is 4.29. The van der Waals surface area contributed by atoms with Gasteiger partial charge in [-0.05, 0) is 13.0 Å². The number of methoxy groups -OCH3 is 1. The van der Waals surface area contributed by atoms with Crippen molar-refractivity contribution in [1.29, 1.82) is 0 Å². The molecule has 0 saturated heterocycles. The normalized spacial score (nSPS) is 13.0. The molecule has 21 heavy (non-hydrogen) atoms. The second kappa shape index (κ2) is 6.37. The molecule has 7 nitrogen and oxygen atoms in total. The first kappa shape index (κ1) is 15.7. The van der Waals surface area contributed by atoms with Gasteiger partial charge in [0, 0.05) is 18.1 Å². The van der Waals surface area contributed by atoms with Gasteiger partial charge in [-0.2, -0.15) is 0 Å². The van der Waals surface area contributed by atoms with Gasteiger partial charge in [0.2, 0.25) is 10.0 Å². The van der Waals surface area contributed by atoms with E-state index in [1.165, 1.54) is 43.3 Å². The van der Waals surface area contributed by atoms with Crippen LogP contribution in [0.3, 0.4) is 0 Å². The summed E-state index contributed by atoms with van der Waals surface area (Å²) < 4.78 is 35.5. The summed E-state index contributed by atoms with van der Waals surface area (Å²) in [5, 5.41) is 1.24. The molecule has 2 aromatic rings. The number of thiazole rings is 1. The topological polar surface area (TPSA) is 98.5 Å². The van der Waals surface area contributed by atoms with E-state index in [1.807, 2.05) is 4.72 Å². The number of nitrogens with one attached hydrogen (secondary N) is 1. The van der Waals surface area contributed by atoms with E-state index in [-0.39, 0.29) is 12.3 Å². The monoisotopic (exact) mass is 330 g/mol. The maximum absolute atomic E-state index is 11.9. The predicted molar refractivity (Wildman–Crippen MR) is 77.5 cm³/mol. The quantitative estimate of drug-likeness (QED) is 0.862. The number of aromatic nitrogens is 1. The van der Waals surface area contributed by atoms with Gasteiger partial charge in [-0.25, -0.2) is 18.1 Å². The Hall–Kier alpha value is -1.71. The molecule has 0 spiro atoms. The lowest BCUT2D eigenvalue weighted by atomic mass is 10.3. The number of hydrogen-bond acceptors (Lipinski definition) is 7. The number of amides is 1. The summed E-state index contributed by atoms with van der Waals surface area (Å²) in [6.45, 7) is 1.46. The van der Waals surface area contributed by atoms with Crippen molar-refractivity contribution >= 4 is 27.3 Å². The fourth-order valence-corrected chi connectivity index (χ4v) is 3.17. The Bertz CT molecular complexity index is 706. The number of rotatable bonds is 6. The highest BCUT2D eigenvalue weighted by Crippen LogP contribution is 2.23. The molecule has 9 heteroatoms. The fraction of sp³-hybridized carbons (Fsp3) is 0.333. The van der Waals surface area contributed by atoms with Crippen molar-refractivity contribution < 1.29 is 22.4 Å². The highest BCUT2D eigenvalue weighted by molar-refractivity contribution is 7.90. The molecule has 2 aromatic heterocycles. The number of nitrogens with zero attached hydrogens (tertiary/aromatic N) is 1. The van der Waals surface area contributed by atoms with Gasteiger partial charge >= 0.3 is 0 Å². The van der Waals surface area contributed by atoms with Crippen LogP contribution in [0.5, 0.6) is 0 Å². The van der Waals surface area contributed by atoms with Gasteiger partial charge in [0.05, 0.1) is 12.9 Å². The van der Waals surface area contributed by atoms with Gasteiger partial charge in [0.1, 0.15) is 22.2 Å². The maximum atomic E-state index is 11.9. The summed E-state index contributed by atoms with van der Waals surface area (Å²) in [5.74, 6) is -0.760. The van der Waals surface area contributed by atoms with E-state index in [1.54, 1.807) is 6.07 Å². The summed E-state index contributed by atoms with van der Waals surface area (Å²) in [6, 6.07) is 1.71. The van der Waals surface area contributed by atoms with Crippen LogP contribution < -0.4 is 4.72 Å². The van der Waals surface area contributed by atoms with E-state index >= 15 is 0 Å². The Morgan fingerprint density at radius 3 is 2.95 bits per heavy atom. The Morgan fingerprint density at radius 1 is 1.57 bits per heavy atom. The third-order valence-electron chi connectivity index (χ3n) is 2.67. The molecule has 0 fully saturated rings. The van der Waals surface area contributed by atoms with Gasteiger partial charge in [-0.15, -0.1) is 11.3 Å². The van der Waals surface area contributed by atoms with Crippen LogP contribution in [0.2, 0.25) is 0 Å². The number of hydrogen-bond donors (Lipinski definition) is 1. The average Bonchev–Trinajstić information content (AvgIpc) is 3.09. The molecule has 2 rings (SSSR count). The Kier molecular flexibility index (Phi) is 4.76. The van der Waals surface area contributed by atoms with E-state index in [4.69, 9.17) is 9.15 Å². The Balaban J connectivity index is 2.11. The summed E-state index contributed by atoms with van der Waals surface area (Å²) >= 11 is 1.23. The van der Waals surface area contributed by atoms with Gasteiger partial charge < -0.3 is 9.15 Å². The number of ether oxygens (including phenoxy) is 1. The van der Waals surface area contributed by atoms with E-state index in [9.17, 15) is 13.2 Å². The first-order valence-electron chi connectivity index (χ1n) is 5.97. The van der Waals surface area contributed by atoms with E-state index < -0.39 is 21.2 Å². The summed E-state index contributed by atoms with van der Waals surface area (Å²) in [6.07, 6.45) is 2.99. The Labute approximate surface area is 126 Å². The van der Waals surface area contributed by atoms with Gasteiger partial charge in [0.15, 0.2) is 0 Å². The molecule has 114 valence electrons. The molecule has 1 N–H and O–H groups in total. The number of furan rings is 1. The molecule has 1 amide bonds. The lowest BCUT2D eigenvalue weighted by Gasteiger charge is -2.11. The van der Waals surface area contributed by atoms with Crippen LogP contribution in [-0.2, 0) is 14.8 Å². The molecule has 0 aliphatic rings. The minimum Gasteiger partial charge on any atom is -0.472 e. The summed E-state index contributed by atoms with van der Waals surface area (Å²) in [5.41, 5.74) is 0.777. The molecule has 1 atom stereocenters. The highest BCUT2D eigenvalue weighted by Gasteiger charge is 2.25. The van der Waals surface area contributed by atoms with Crippen LogP contribution in [-0.4, -0.2) is 38.3 Å². The Morgan fingerprint density at radius 2 is 2.33 bits per heavy atom. The predicted octanol–water partition coefficient (Wildman–Crippen LogP) is 1.50.